The fourth-order valence-corrected chi connectivity index (χ4v) is 3.63. The summed E-state index contributed by atoms with van der Waals surface area (Å²) >= 11 is 0. The summed E-state index contributed by atoms with van der Waals surface area (Å²) in [5, 5.41) is 21.9. The van der Waals surface area contributed by atoms with Crippen molar-refractivity contribution in [3.05, 3.63) is 59.9 Å². The minimum Gasteiger partial charge on any atom is -0.484 e. The number of benzene rings is 1. The Balaban J connectivity index is 1.99. The van der Waals surface area contributed by atoms with E-state index in [-0.39, 0.29) is 22.9 Å². The fourth-order valence-electron chi connectivity index (χ4n) is 3.63. The van der Waals surface area contributed by atoms with E-state index in [2.05, 4.69) is 15.0 Å². The first-order chi connectivity index (χ1) is 15.6. The molecule has 1 aliphatic heterocycles. The number of pyridine rings is 1. The molecule has 0 amide bonds. The van der Waals surface area contributed by atoms with Gasteiger partial charge in [-0.15, -0.1) is 13.2 Å². The predicted octanol–water partition coefficient (Wildman–Crippen LogP) is 3.65. The summed E-state index contributed by atoms with van der Waals surface area (Å²) in [6.45, 7) is 1.32. The molecule has 0 spiro atoms. The highest BCUT2D eigenvalue weighted by Gasteiger charge is 2.33. The number of nitrogens with one attached hydrogen (secondary N) is 1. The Morgan fingerprint density at radius 1 is 1.15 bits per heavy atom. The third kappa shape index (κ3) is 6.69. The van der Waals surface area contributed by atoms with E-state index < -0.39 is 35.7 Å². The van der Waals surface area contributed by atoms with Crippen molar-refractivity contribution in [2.45, 2.75) is 25.3 Å². The van der Waals surface area contributed by atoms with Crippen LogP contribution in [0.2, 0.25) is 0 Å². The molecule has 1 saturated heterocycles. The van der Waals surface area contributed by atoms with Gasteiger partial charge < -0.3 is 25.0 Å². The van der Waals surface area contributed by atoms with Crippen LogP contribution in [0.15, 0.2) is 48.7 Å². The van der Waals surface area contributed by atoms with Gasteiger partial charge in [0.15, 0.2) is 0 Å². The Bertz CT molecular complexity index is 1020. The van der Waals surface area contributed by atoms with E-state index in [9.17, 15) is 27.9 Å². The Hall–Kier alpha value is -3.60. The predicted molar refractivity (Wildman–Crippen MR) is 110 cm³/mol. The van der Waals surface area contributed by atoms with Crippen LogP contribution in [0.5, 0.6) is 11.5 Å². The van der Waals surface area contributed by atoms with Gasteiger partial charge in [-0.2, -0.15) is 0 Å². The number of ether oxygens (including phenoxy) is 2. The number of aromatic nitrogens is 1. The summed E-state index contributed by atoms with van der Waals surface area (Å²) in [4.78, 5) is 27.3. The monoisotopic (exact) mass is 466 g/mol. The largest absolute Gasteiger partial charge is 0.573 e. The topological polar surface area (TPSA) is 118 Å². The Morgan fingerprint density at radius 2 is 1.85 bits per heavy atom. The summed E-state index contributed by atoms with van der Waals surface area (Å²) in [7, 11) is 0. The number of piperidine rings is 1. The fraction of sp³-hybridized carbons (Fsp3) is 0.318. The quantitative estimate of drug-likeness (QED) is 0.505. The molecular formula is C22H21F3N2O6. The molecule has 0 aliphatic carbocycles. The second kappa shape index (κ2) is 10.3. The third-order valence-electron chi connectivity index (χ3n) is 4.98. The second-order valence-corrected chi connectivity index (χ2v) is 7.30. The minimum absolute atomic E-state index is 0.0833. The van der Waals surface area contributed by atoms with Crippen LogP contribution in [0.4, 0.5) is 13.2 Å². The Kier molecular flexibility index (Phi) is 7.54. The van der Waals surface area contributed by atoms with Gasteiger partial charge in [0, 0.05) is 30.3 Å². The molecule has 3 rings (SSSR count). The molecule has 2 heterocycles. The van der Waals surface area contributed by atoms with Gasteiger partial charge in [-0.1, -0.05) is 6.07 Å². The van der Waals surface area contributed by atoms with Crippen LogP contribution in [0, 0.1) is 5.92 Å². The maximum atomic E-state index is 12.4. The molecule has 2 aromatic rings. The third-order valence-corrected chi connectivity index (χ3v) is 4.98. The number of halogens is 3. The number of hydrogen-bond donors (Lipinski definition) is 3. The van der Waals surface area contributed by atoms with E-state index >= 15 is 0 Å². The summed E-state index contributed by atoms with van der Waals surface area (Å²) in [5.74, 6) is -3.23. The number of rotatable bonds is 8. The highest BCUT2D eigenvalue weighted by atomic mass is 19.4. The zero-order valence-corrected chi connectivity index (χ0v) is 17.2. The number of carbonyl (C=O) groups is 2. The van der Waals surface area contributed by atoms with Gasteiger partial charge in [0.05, 0.1) is 11.3 Å². The van der Waals surface area contributed by atoms with Crippen LogP contribution in [0.25, 0.3) is 5.57 Å². The zero-order valence-electron chi connectivity index (χ0n) is 17.2. The van der Waals surface area contributed by atoms with E-state index in [4.69, 9.17) is 9.84 Å². The number of carboxylic acid groups (broad SMARTS) is 2. The van der Waals surface area contributed by atoms with Crippen LogP contribution in [0.1, 0.15) is 30.2 Å². The molecule has 0 bridgehead atoms. The highest BCUT2D eigenvalue weighted by Crippen LogP contribution is 2.36. The van der Waals surface area contributed by atoms with Crippen molar-refractivity contribution in [2.75, 3.05) is 13.1 Å². The van der Waals surface area contributed by atoms with Crippen molar-refractivity contribution in [3.8, 4) is 11.5 Å². The van der Waals surface area contributed by atoms with Gasteiger partial charge in [0.25, 0.3) is 0 Å². The lowest BCUT2D eigenvalue weighted by Gasteiger charge is -2.32. The minimum atomic E-state index is -4.83. The van der Waals surface area contributed by atoms with Gasteiger partial charge in [-0.05, 0) is 49.7 Å². The van der Waals surface area contributed by atoms with Gasteiger partial charge >= 0.3 is 18.3 Å². The van der Waals surface area contributed by atoms with E-state index in [0.717, 1.165) is 25.1 Å². The van der Waals surface area contributed by atoms with Crippen LogP contribution in [-0.4, -0.2) is 46.6 Å². The van der Waals surface area contributed by atoms with E-state index in [1.165, 1.54) is 30.5 Å². The molecule has 1 aliphatic rings. The number of alkyl halides is 3. The number of aliphatic carboxylic acids is 2. The van der Waals surface area contributed by atoms with Crippen LogP contribution in [0.3, 0.4) is 0 Å². The van der Waals surface area contributed by atoms with E-state index in [1.54, 1.807) is 0 Å². The first kappa shape index (κ1) is 24.1. The molecular weight excluding hydrogens is 445 g/mol. The number of nitrogens with zero attached hydrogens (tertiary/aromatic N) is 1. The first-order valence-electron chi connectivity index (χ1n) is 10.0. The molecule has 33 heavy (non-hydrogen) atoms. The Morgan fingerprint density at radius 3 is 2.42 bits per heavy atom. The van der Waals surface area contributed by atoms with Crippen molar-refractivity contribution in [1.82, 2.24) is 10.3 Å². The standard InChI is InChI=1S/C22H21F3N2O6/c23-22(24,25)33-15-7-5-14(6-8-15)32-20(13-3-1-9-26-12-13)19-16(4-2-10-27-19)17(21(30)31)11-18(28)29/h2,4-8,10-11,13,20,26H,1,3,9,12H2,(H,28,29)(H,30,31)/b17-11+. The molecule has 1 fully saturated rings. The normalized spacial score (nSPS) is 17.8. The summed E-state index contributed by atoms with van der Waals surface area (Å²) in [5.41, 5.74) is -0.159. The second-order valence-electron chi connectivity index (χ2n) is 7.30. The van der Waals surface area contributed by atoms with Gasteiger partial charge in [-0.3, -0.25) is 4.98 Å². The van der Waals surface area contributed by atoms with Crippen molar-refractivity contribution in [2.24, 2.45) is 5.92 Å². The van der Waals surface area contributed by atoms with E-state index in [1.807, 2.05) is 0 Å². The summed E-state index contributed by atoms with van der Waals surface area (Å²) < 4.78 is 47.2. The molecule has 2 atom stereocenters. The summed E-state index contributed by atoms with van der Waals surface area (Å²) in [6, 6.07) is 7.74. The van der Waals surface area contributed by atoms with Crippen LogP contribution in [-0.2, 0) is 9.59 Å². The van der Waals surface area contributed by atoms with Crippen molar-refractivity contribution < 1.29 is 42.4 Å². The SMILES string of the molecule is O=C(O)/C=C(/C(=O)O)c1cccnc1C(Oc1ccc(OC(F)(F)F)cc1)C1CCCNC1. The van der Waals surface area contributed by atoms with E-state index in [0.29, 0.717) is 19.0 Å². The lowest BCUT2D eigenvalue weighted by molar-refractivity contribution is -0.274. The molecule has 11 heteroatoms. The highest BCUT2D eigenvalue weighted by molar-refractivity contribution is 6.19. The lowest BCUT2D eigenvalue weighted by atomic mass is 9.88. The Labute approximate surface area is 186 Å². The molecule has 176 valence electrons. The molecule has 0 saturated carbocycles. The number of hydrogen-bond acceptors (Lipinski definition) is 6. The number of carboxylic acids is 2. The maximum absolute atomic E-state index is 12.4. The molecule has 8 nitrogen and oxygen atoms in total. The van der Waals surface area contributed by atoms with Crippen molar-refractivity contribution in [1.29, 1.82) is 0 Å². The van der Waals surface area contributed by atoms with Gasteiger partial charge in [0.1, 0.15) is 17.6 Å². The maximum Gasteiger partial charge on any atom is 0.573 e. The zero-order chi connectivity index (χ0) is 24.0. The average molecular weight is 466 g/mol. The van der Waals surface area contributed by atoms with Crippen LogP contribution < -0.4 is 14.8 Å². The molecule has 0 radical (unpaired) electrons. The first-order valence-corrected chi connectivity index (χ1v) is 10.0. The lowest BCUT2D eigenvalue weighted by Crippen LogP contribution is -2.36. The van der Waals surface area contributed by atoms with Gasteiger partial charge in [0.2, 0.25) is 0 Å². The molecule has 1 aromatic heterocycles. The molecule has 2 unspecified atom stereocenters. The summed E-state index contributed by atoms with van der Waals surface area (Å²) in [6.07, 6.45) is -2.06. The van der Waals surface area contributed by atoms with Gasteiger partial charge in [-0.25, -0.2) is 9.59 Å². The van der Waals surface area contributed by atoms with Crippen molar-refractivity contribution in [3.63, 3.8) is 0 Å². The molecule has 1 aromatic carbocycles. The smallest absolute Gasteiger partial charge is 0.484 e. The molecule has 3 N–H and O–H groups in total. The average Bonchev–Trinajstić information content (AvgIpc) is 2.76. The van der Waals surface area contributed by atoms with Crippen molar-refractivity contribution >= 4 is 17.5 Å². The van der Waals surface area contributed by atoms with Crippen LogP contribution >= 0.6 is 0 Å².